The number of hydrogen-bond acceptors (Lipinski definition) is 2. The van der Waals surface area contributed by atoms with Crippen LogP contribution in [0, 0.1) is 11.3 Å². The Morgan fingerprint density at radius 3 is 2.60 bits per heavy atom. The first kappa shape index (κ1) is 9.45. The molecule has 0 radical (unpaired) electrons. The molecule has 58 valence electrons. The summed E-state index contributed by atoms with van der Waals surface area (Å²) in [6.45, 7) is 4.44. The largest absolute Gasteiger partial charge is 0.363 e. The van der Waals surface area contributed by atoms with Crippen LogP contribution in [0.2, 0.25) is 0 Å². The molecule has 0 amide bonds. The Hall–Kier alpha value is -0.550. The smallest absolute Gasteiger partial charge is 0.134 e. The molecule has 0 aliphatic heterocycles. The first-order chi connectivity index (χ1) is 4.85. The molecule has 0 aliphatic rings. The van der Waals surface area contributed by atoms with Crippen LogP contribution in [0.15, 0.2) is 0 Å². The highest BCUT2D eigenvalue weighted by Gasteiger charge is 2.02. The minimum atomic E-state index is 0.235. The van der Waals surface area contributed by atoms with E-state index in [9.17, 15) is 0 Å². The third-order valence-electron chi connectivity index (χ3n) is 1.45. The summed E-state index contributed by atoms with van der Waals surface area (Å²) in [5.41, 5.74) is 0. The van der Waals surface area contributed by atoms with Crippen LogP contribution in [0.25, 0.3) is 0 Å². The number of nitriles is 1. The summed E-state index contributed by atoms with van der Waals surface area (Å²) < 4.78 is 5.22. The highest BCUT2D eigenvalue weighted by Crippen LogP contribution is 2.04. The third-order valence-corrected chi connectivity index (χ3v) is 1.45. The molecule has 2 nitrogen and oxygen atoms in total. The van der Waals surface area contributed by atoms with Crippen molar-refractivity contribution in [2.24, 2.45) is 0 Å². The molecule has 0 aliphatic carbocycles. The average Bonchev–Trinajstić information content (AvgIpc) is 1.98. The molecule has 0 heterocycles. The van der Waals surface area contributed by atoms with Crippen molar-refractivity contribution in [1.82, 2.24) is 0 Å². The summed E-state index contributed by atoms with van der Waals surface area (Å²) in [4.78, 5) is 0. The van der Waals surface area contributed by atoms with Crippen molar-refractivity contribution >= 4 is 0 Å². The second-order valence-corrected chi connectivity index (χ2v) is 2.29. The molecule has 1 atom stereocenters. The lowest BCUT2D eigenvalue weighted by Crippen LogP contribution is -2.11. The van der Waals surface area contributed by atoms with Crippen molar-refractivity contribution < 1.29 is 4.74 Å². The van der Waals surface area contributed by atoms with Crippen molar-refractivity contribution in [3.05, 3.63) is 0 Å². The Bertz CT molecular complexity index is 106. The molecular formula is C8H15NO. The van der Waals surface area contributed by atoms with Gasteiger partial charge in [0.05, 0.1) is 12.2 Å². The zero-order valence-electron chi connectivity index (χ0n) is 6.76. The molecule has 0 aromatic heterocycles. The van der Waals surface area contributed by atoms with Gasteiger partial charge in [-0.3, -0.25) is 0 Å². The zero-order chi connectivity index (χ0) is 7.82. The van der Waals surface area contributed by atoms with Gasteiger partial charge in [0.15, 0.2) is 0 Å². The minimum absolute atomic E-state index is 0.235. The molecule has 0 saturated heterocycles. The third kappa shape index (κ3) is 4.34. The average molecular weight is 141 g/mol. The first-order valence-corrected chi connectivity index (χ1v) is 3.83. The second-order valence-electron chi connectivity index (χ2n) is 2.29. The lowest BCUT2D eigenvalue weighted by Gasteiger charge is -2.11. The van der Waals surface area contributed by atoms with Crippen LogP contribution < -0.4 is 0 Å². The lowest BCUT2D eigenvalue weighted by molar-refractivity contribution is 0.0672. The maximum Gasteiger partial charge on any atom is 0.134 e. The molecule has 0 aromatic carbocycles. The maximum atomic E-state index is 8.20. The predicted octanol–water partition coefficient (Wildman–Crippen LogP) is 2.11. The normalized spacial score (nSPS) is 12.5. The predicted molar refractivity (Wildman–Crippen MR) is 40.6 cm³/mol. The number of hydrogen-bond donors (Lipinski definition) is 0. The Labute approximate surface area is 62.8 Å². The van der Waals surface area contributed by atoms with Crippen LogP contribution in [0.1, 0.15) is 33.1 Å². The maximum absolute atomic E-state index is 8.20. The fourth-order valence-electron chi connectivity index (χ4n) is 0.882. The summed E-state index contributed by atoms with van der Waals surface area (Å²) in [7, 11) is 0. The summed E-state index contributed by atoms with van der Waals surface area (Å²) >= 11 is 0. The SMILES string of the molecule is CCCC(CC)OCC#N. The van der Waals surface area contributed by atoms with E-state index in [0.29, 0.717) is 6.10 Å². The van der Waals surface area contributed by atoms with Gasteiger partial charge in [0, 0.05) is 0 Å². The van der Waals surface area contributed by atoms with Crippen molar-refractivity contribution in [1.29, 1.82) is 5.26 Å². The van der Waals surface area contributed by atoms with E-state index in [1.165, 1.54) is 0 Å². The Balaban J connectivity index is 3.32. The van der Waals surface area contributed by atoms with Crippen molar-refractivity contribution in [3.8, 4) is 6.07 Å². The standard InChI is InChI=1S/C8H15NO/c1-3-5-8(4-2)10-7-6-9/h8H,3-5,7H2,1-2H3. The first-order valence-electron chi connectivity index (χ1n) is 3.83. The van der Waals surface area contributed by atoms with Gasteiger partial charge < -0.3 is 4.74 Å². The second kappa shape index (κ2) is 6.57. The molecule has 0 fully saturated rings. The molecule has 0 N–H and O–H groups in total. The number of nitrogens with zero attached hydrogens (tertiary/aromatic N) is 1. The van der Waals surface area contributed by atoms with Crippen LogP contribution in [-0.2, 0) is 4.74 Å². The van der Waals surface area contributed by atoms with Gasteiger partial charge in [-0.2, -0.15) is 5.26 Å². The van der Waals surface area contributed by atoms with Gasteiger partial charge in [-0.05, 0) is 12.8 Å². The van der Waals surface area contributed by atoms with Crippen molar-refractivity contribution in [2.75, 3.05) is 6.61 Å². The number of rotatable bonds is 5. The zero-order valence-corrected chi connectivity index (χ0v) is 6.76. The summed E-state index contributed by atoms with van der Waals surface area (Å²) in [5, 5.41) is 8.20. The van der Waals surface area contributed by atoms with E-state index in [2.05, 4.69) is 13.8 Å². The molecular weight excluding hydrogens is 126 g/mol. The van der Waals surface area contributed by atoms with E-state index in [1.54, 1.807) is 0 Å². The van der Waals surface area contributed by atoms with Crippen LogP contribution in [-0.4, -0.2) is 12.7 Å². The highest BCUT2D eigenvalue weighted by molar-refractivity contribution is 4.68. The van der Waals surface area contributed by atoms with Crippen LogP contribution in [0.4, 0.5) is 0 Å². The van der Waals surface area contributed by atoms with Crippen molar-refractivity contribution in [3.63, 3.8) is 0 Å². The molecule has 0 aromatic rings. The van der Waals surface area contributed by atoms with Gasteiger partial charge in [-0.25, -0.2) is 0 Å². The van der Waals surface area contributed by atoms with Crippen LogP contribution >= 0.6 is 0 Å². The van der Waals surface area contributed by atoms with E-state index >= 15 is 0 Å². The van der Waals surface area contributed by atoms with Crippen LogP contribution in [0.3, 0.4) is 0 Å². The van der Waals surface area contributed by atoms with E-state index in [4.69, 9.17) is 10.00 Å². The minimum Gasteiger partial charge on any atom is -0.363 e. The molecule has 1 unspecified atom stereocenters. The molecule has 2 heteroatoms. The van der Waals surface area contributed by atoms with Crippen LogP contribution in [0.5, 0.6) is 0 Å². The fourth-order valence-corrected chi connectivity index (χ4v) is 0.882. The van der Waals surface area contributed by atoms with Gasteiger partial charge in [0.1, 0.15) is 6.61 Å². The van der Waals surface area contributed by atoms with Gasteiger partial charge in [0.2, 0.25) is 0 Å². The van der Waals surface area contributed by atoms with Gasteiger partial charge in [-0.1, -0.05) is 20.3 Å². The summed E-state index contributed by atoms with van der Waals surface area (Å²) in [5.74, 6) is 0. The van der Waals surface area contributed by atoms with Gasteiger partial charge >= 0.3 is 0 Å². The summed E-state index contributed by atoms with van der Waals surface area (Å²) in [6.07, 6.45) is 3.50. The Morgan fingerprint density at radius 1 is 1.50 bits per heavy atom. The molecule has 10 heavy (non-hydrogen) atoms. The van der Waals surface area contributed by atoms with E-state index in [0.717, 1.165) is 19.3 Å². The van der Waals surface area contributed by atoms with Gasteiger partial charge in [0.25, 0.3) is 0 Å². The topological polar surface area (TPSA) is 33.0 Å². The van der Waals surface area contributed by atoms with Gasteiger partial charge in [-0.15, -0.1) is 0 Å². The Morgan fingerprint density at radius 2 is 2.20 bits per heavy atom. The van der Waals surface area contributed by atoms with E-state index in [-0.39, 0.29) is 6.61 Å². The van der Waals surface area contributed by atoms with Crippen molar-refractivity contribution in [2.45, 2.75) is 39.2 Å². The monoisotopic (exact) mass is 141 g/mol. The van der Waals surface area contributed by atoms with E-state index < -0.39 is 0 Å². The molecule has 0 bridgehead atoms. The highest BCUT2D eigenvalue weighted by atomic mass is 16.5. The molecule has 0 spiro atoms. The fraction of sp³-hybridized carbons (Fsp3) is 0.875. The molecule has 0 rings (SSSR count). The lowest BCUT2D eigenvalue weighted by atomic mass is 10.2. The molecule has 0 saturated carbocycles. The van der Waals surface area contributed by atoms with E-state index in [1.807, 2.05) is 6.07 Å². The number of ether oxygens (including phenoxy) is 1. The summed E-state index contributed by atoms with van der Waals surface area (Å²) in [6, 6.07) is 1.97. The Kier molecular flexibility index (Phi) is 6.21. The quantitative estimate of drug-likeness (QED) is 0.587.